The summed E-state index contributed by atoms with van der Waals surface area (Å²) in [7, 11) is 0. The number of phenols is 1. The van der Waals surface area contributed by atoms with Gasteiger partial charge < -0.3 is 10.4 Å². The van der Waals surface area contributed by atoms with Crippen molar-refractivity contribution in [3.63, 3.8) is 0 Å². The molecule has 2 N–H and O–H groups in total. The van der Waals surface area contributed by atoms with Crippen LogP contribution in [-0.4, -0.2) is 18.2 Å². The Kier molecular flexibility index (Phi) is 4.10. The topological polar surface area (TPSA) is 32.3 Å². The van der Waals surface area contributed by atoms with E-state index in [4.69, 9.17) is 0 Å². The second-order valence-electron chi connectivity index (χ2n) is 5.05. The van der Waals surface area contributed by atoms with Crippen LogP contribution in [0.5, 0.6) is 5.75 Å². The van der Waals surface area contributed by atoms with E-state index < -0.39 is 0 Å². The summed E-state index contributed by atoms with van der Waals surface area (Å²) in [5.41, 5.74) is 3.40. The zero-order valence-corrected chi connectivity index (χ0v) is 12.1. The normalized spacial score (nSPS) is 20.5. The third kappa shape index (κ3) is 2.83. The Morgan fingerprint density at radius 3 is 2.88 bits per heavy atom. The number of aromatic hydroxyl groups is 1. The van der Waals surface area contributed by atoms with Crippen LogP contribution >= 0.6 is 15.9 Å². The fourth-order valence-electron chi connectivity index (χ4n) is 2.62. The standard InChI is InChI=1S/C14H20BrNO/c1-9-6-13(17)12(10(2)14(9)15)7-11-4-3-5-16-8-11/h6,11,16-17H,3-5,7-8H2,1-2H3. The predicted molar refractivity (Wildman–Crippen MR) is 74.6 cm³/mol. The lowest BCUT2D eigenvalue weighted by atomic mass is 9.89. The molecule has 0 radical (unpaired) electrons. The summed E-state index contributed by atoms with van der Waals surface area (Å²) >= 11 is 3.60. The third-order valence-corrected chi connectivity index (χ3v) is 4.90. The van der Waals surface area contributed by atoms with Gasteiger partial charge in [0, 0.05) is 4.47 Å². The number of hydrogen-bond acceptors (Lipinski definition) is 2. The van der Waals surface area contributed by atoms with E-state index in [-0.39, 0.29) is 0 Å². The third-order valence-electron chi connectivity index (χ3n) is 3.68. The Hall–Kier alpha value is -0.540. The molecule has 2 rings (SSSR count). The van der Waals surface area contributed by atoms with Gasteiger partial charge in [-0.1, -0.05) is 15.9 Å². The SMILES string of the molecule is Cc1cc(O)c(CC2CCCNC2)c(C)c1Br. The summed E-state index contributed by atoms with van der Waals surface area (Å²) in [5.74, 6) is 1.11. The summed E-state index contributed by atoms with van der Waals surface area (Å²) in [5, 5.41) is 13.5. The van der Waals surface area contributed by atoms with E-state index in [1.165, 1.54) is 18.4 Å². The van der Waals surface area contributed by atoms with Crippen LogP contribution in [-0.2, 0) is 6.42 Å². The van der Waals surface area contributed by atoms with Crippen molar-refractivity contribution in [3.05, 3.63) is 27.2 Å². The largest absolute Gasteiger partial charge is 0.508 e. The molecule has 0 amide bonds. The Morgan fingerprint density at radius 2 is 2.24 bits per heavy atom. The summed E-state index contributed by atoms with van der Waals surface area (Å²) in [6, 6.07) is 1.86. The molecule has 3 heteroatoms. The molecular formula is C14H20BrNO. The van der Waals surface area contributed by atoms with E-state index in [2.05, 4.69) is 28.2 Å². The molecule has 0 bridgehead atoms. The van der Waals surface area contributed by atoms with E-state index in [1.807, 2.05) is 13.0 Å². The van der Waals surface area contributed by atoms with Crippen molar-refractivity contribution in [2.75, 3.05) is 13.1 Å². The van der Waals surface area contributed by atoms with Crippen molar-refractivity contribution < 1.29 is 5.11 Å². The molecule has 0 spiro atoms. The lowest BCUT2D eigenvalue weighted by Gasteiger charge is -2.24. The monoisotopic (exact) mass is 297 g/mol. The Balaban J connectivity index is 2.22. The molecule has 17 heavy (non-hydrogen) atoms. The highest BCUT2D eigenvalue weighted by molar-refractivity contribution is 9.10. The van der Waals surface area contributed by atoms with Crippen molar-refractivity contribution >= 4 is 15.9 Å². The quantitative estimate of drug-likeness (QED) is 0.878. The van der Waals surface area contributed by atoms with Gasteiger partial charge in [-0.2, -0.15) is 0 Å². The smallest absolute Gasteiger partial charge is 0.119 e. The zero-order chi connectivity index (χ0) is 12.4. The maximum absolute atomic E-state index is 10.1. The highest BCUT2D eigenvalue weighted by Gasteiger charge is 2.18. The van der Waals surface area contributed by atoms with Gasteiger partial charge in [0.15, 0.2) is 0 Å². The molecule has 1 aliphatic rings. The molecule has 1 aromatic rings. The molecule has 0 aromatic heterocycles. The van der Waals surface area contributed by atoms with Crippen LogP contribution in [0.15, 0.2) is 10.5 Å². The van der Waals surface area contributed by atoms with Gasteiger partial charge in [0.05, 0.1) is 0 Å². The van der Waals surface area contributed by atoms with E-state index >= 15 is 0 Å². The van der Waals surface area contributed by atoms with Crippen LogP contribution < -0.4 is 5.32 Å². The molecule has 94 valence electrons. The number of phenolic OH excluding ortho intramolecular Hbond substituents is 1. The number of rotatable bonds is 2. The maximum Gasteiger partial charge on any atom is 0.119 e. The molecule has 1 aromatic carbocycles. The number of hydrogen-bond donors (Lipinski definition) is 2. The first-order chi connectivity index (χ1) is 8.09. The van der Waals surface area contributed by atoms with Crippen LogP contribution in [0.1, 0.15) is 29.5 Å². The Bertz CT molecular complexity index is 411. The molecule has 2 nitrogen and oxygen atoms in total. The number of benzene rings is 1. The minimum absolute atomic E-state index is 0.453. The molecule has 0 saturated carbocycles. The van der Waals surface area contributed by atoms with Crippen molar-refractivity contribution in [2.24, 2.45) is 5.92 Å². The van der Waals surface area contributed by atoms with Crippen molar-refractivity contribution in [2.45, 2.75) is 33.1 Å². The van der Waals surface area contributed by atoms with Gasteiger partial charge >= 0.3 is 0 Å². The van der Waals surface area contributed by atoms with Crippen LogP contribution in [0.4, 0.5) is 0 Å². The molecule has 1 unspecified atom stereocenters. The van der Waals surface area contributed by atoms with Crippen LogP contribution in [0, 0.1) is 19.8 Å². The molecular weight excluding hydrogens is 278 g/mol. The lowest BCUT2D eigenvalue weighted by molar-refractivity contribution is 0.369. The van der Waals surface area contributed by atoms with Gasteiger partial charge in [0.2, 0.25) is 0 Å². The Morgan fingerprint density at radius 1 is 1.47 bits per heavy atom. The van der Waals surface area contributed by atoms with Crippen molar-refractivity contribution in [1.82, 2.24) is 5.32 Å². The summed E-state index contributed by atoms with van der Waals surface area (Å²) in [6.07, 6.45) is 3.48. The summed E-state index contributed by atoms with van der Waals surface area (Å²) in [6.45, 7) is 6.31. The number of halogens is 1. The Labute approximate surface area is 112 Å². The minimum Gasteiger partial charge on any atom is -0.508 e. The second kappa shape index (κ2) is 5.40. The van der Waals surface area contributed by atoms with Gasteiger partial charge in [-0.05, 0) is 74.9 Å². The molecule has 1 saturated heterocycles. The number of nitrogens with one attached hydrogen (secondary N) is 1. The zero-order valence-electron chi connectivity index (χ0n) is 10.5. The molecule has 1 aliphatic heterocycles. The van der Waals surface area contributed by atoms with Gasteiger partial charge in [0.1, 0.15) is 5.75 Å². The van der Waals surface area contributed by atoms with Gasteiger partial charge in [0.25, 0.3) is 0 Å². The average Bonchev–Trinajstić information content (AvgIpc) is 2.33. The predicted octanol–water partition coefficient (Wildman–Crippen LogP) is 3.31. The first-order valence-corrected chi connectivity index (χ1v) is 7.07. The van der Waals surface area contributed by atoms with Crippen LogP contribution in [0.25, 0.3) is 0 Å². The molecule has 1 atom stereocenters. The maximum atomic E-state index is 10.1. The van der Waals surface area contributed by atoms with Gasteiger partial charge in [-0.3, -0.25) is 0 Å². The fourth-order valence-corrected chi connectivity index (χ4v) is 2.97. The molecule has 1 heterocycles. The second-order valence-corrected chi connectivity index (χ2v) is 5.84. The van der Waals surface area contributed by atoms with Gasteiger partial charge in [-0.25, -0.2) is 0 Å². The fraction of sp³-hybridized carbons (Fsp3) is 0.571. The van der Waals surface area contributed by atoms with Crippen LogP contribution in [0.3, 0.4) is 0 Å². The first kappa shape index (κ1) is 12.9. The van der Waals surface area contributed by atoms with E-state index in [1.54, 1.807) is 0 Å². The van der Waals surface area contributed by atoms with Crippen molar-refractivity contribution in [1.29, 1.82) is 0 Å². The molecule has 0 aliphatic carbocycles. The van der Waals surface area contributed by atoms with E-state index in [0.29, 0.717) is 11.7 Å². The highest BCUT2D eigenvalue weighted by Crippen LogP contribution is 2.33. The highest BCUT2D eigenvalue weighted by atomic mass is 79.9. The molecule has 1 fully saturated rings. The lowest BCUT2D eigenvalue weighted by Crippen LogP contribution is -2.31. The number of aryl methyl sites for hydroxylation is 1. The van der Waals surface area contributed by atoms with Crippen LogP contribution in [0.2, 0.25) is 0 Å². The van der Waals surface area contributed by atoms with E-state index in [0.717, 1.165) is 35.1 Å². The van der Waals surface area contributed by atoms with Crippen molar-refractivity contribution in [3.8, 4) is 5.75 Å². The summed E-state index contributed by atoms with van der Waals surface area (Å²) < 4.78 is 1.13. The summed E-state index contributed by atoms with van der Waals surface area (Å²) in [4.78, 5) is 0. The minimum atomic E-state index is 0.453. The first-order valence-electron chi connectivity index (χ1n) is 6.28. The average molecular weight is 298 g/mol. The van der Waals surface area contributed by atoms with Gasteiger partial charge in [-0.15, -0.1) is 0 Å². The number of piperidine rings is 1. The van der Waals surface area contributed by atoms with E-state index in [9.17, 15) is 5.11 Å².